The normalized spacial score (nSPS) is 10.7. The fraction of sp³-hybridized carbons (Fsp3) is 0.0476. The van der Waals surface area contributed by atoms with Gasteiger partial charge in [0.1, 0.15) is 0 Å². The van der Waals surface area contributed by atoms with E-state index in [1.807, 2.05) is 67.6 Å². The fourth-order valence-corrected chi connectivity index (χ4v) is 2.41. The summed E-state index contributed by atoms with van der Waals surface area (Å²) in [6.07, 6.45) is 1.64. The van der Waals surface area contributed by atoms with Crippen molar-refractivity contribution in [3.05, 3.63) is 95.6 Å². The van der Waals surface area contributed by atoms with E-state index in [1.165, 1.54) is 5.56 Å². The standard InChI is InChI=1S/C21H18N2O/c1-16-6-5-9-20(14-16)21(24)23-22-15-17-10-12-19(13-11-17)18-7-3-2-4-8-18/h2-15H,1H3,(H,23,24). The molecule has 0 aliphatic rings. The molecule has 1 amide bonds. The predicted octanol–water partition coefficient (Wildman–Crippen LogP) is 4.43. The van der Waals surface area contributed by atoms with Gasteiger partial charge in [-0.2, -0.15) is 5.10 Å². The molecule has 3 heteroatoms. The van der Waals surface area contributed by atoms with Crippen molar-refractivity contribution in [1.82, 2.24) is 5.43 Å². The maximum Gasteiger partial charge on any atom is 0.271 e. The molecule has 3 aromatic rings. The van der Waals surface area contributed by atoms with Gasteiger partial charge < -0.3 is 0 Å². The first-order valence-electron chi connectivity index (χ1n) is 7.78. The second-order valence-corrected chi connectivity index (χ2v) is 5.56. The van der Waals surface area contributed by atoms with Gasteiger partial charge >= 0.3 is 0 Å². The number of carbonyl (C=O) groups excluding carboxylic acids is 1. The first-order chi connectivity index (χ1) is 11.7. The molecule has 1 N–H and O–H groups in total. The number of hydrazone groups is 1. The first-order valence-corrected chi connectivity index (χ1v) is 7.78. The van der Waals surface area contributed by atoms with Crippen molar-refractivity contribution in [2.24, 2.45) is 5.10 Å². The molecule has 24 heavy (non-hydrogen) atoms. The van der Waals surface area contributed by atoms with Gasteiger partial charge in [-0.05, 0) is 35.7 Å². The van der Waals surface area contributed by atoms with Crippen LogP contribution in [0.2, 0.25) is 0 Å². The lowest BCUT2D eigenvalue weighted by molar-refractivity contribution is 0.0955. The molecule has 0 aliphatic carbocycles. The minimum atomic E-state index is -0.212. The molecule has 0 aliphatic heterocycles. The highest BCUT2D eigenvalue weighted by Crippen LogP contribution is 2.18. The first kappa shape index (κ1) is 15.7. The average Bonchev–Trinajstić information content (AvgIpc) is 2.63. The molecule has 0 aromatic heterocycles. The summed E-state index contributed by atoms with van der Waals surface area (Å²) in [4.78, 5) is 12.0. The summed E-state index contributed by atoms with van der Waals surface area (Å²) < 4.78 is 0. The number of amides is 1. The summed E-state index contributed by atoms with van der Waals surface area (Å²) in [6, 6.07) is 25.6. The predicted molar refractivity (Wildman–Crippen MR) is 98.1 cm³/mol. The number of rotatable bonds is 4. The molecule has 3 rings (SSSR count). The van der Waals surface area contributed by atoms with E-state index in [2.05, 4.69) is 22.7 Å². The topological polar surface area (TPSA) is 41.5 Å². The lowest BCUT2D eigenvalue weighted by atomic mass is 10.0. The van der Waals surface area contributed by atoms with Gasteiger partial charge in [0.15, 0.2) is 0 Å². The number of benzene rings is 3. The van der Waals surface area contributed by atoms with Gasteiger partial charge in [-0.1, -0.05) is 72.3 Å². The molecule has 0 unspecified atom stereocenters. The van der Waals surface area contributed by atoms with Crippen molar-refractivity contribution in [3.8, 4) is 11.1 Å². The summed E-state index contributed by atoms with van der Waals surface area (Å²) in [5.74, 6) is -0.212. The third-order valence-electron chi connectivity index (χ3n) is 3.68. The average molecular weight is 314 g/mol. The Balaban J connectivity index is 1.64. The van der Waals surface area contributed by atoms with Crippen molar-refractivity contribution >= 4 is 12.1 Å². The van der Waals surface area contributed by atoms with Crippen molar-refractivity contribution in [3.63, 3.8) is 0 Å². The molecular formula is C21H18N2O. The molecule has 0 bridgehead atoms. The van der Waals surface area contributed by atoms with Crippen LogP contribution in [0, 0.1) is 6.92 Å². The van der Waals surface area contributed by atoms with E-state index in [9.17, 15) is 4.79 Å². The highest BCUT2D eigenvalue weighted by atomic mass is 16.2. The Kier molecular flexibility index (Phi) is 4.82. The van der Waals surface area contributed by atoms with Gasteiger partial charge in [0.2, 0.25) is 0 Å². The lowest BCUT2D eigenvalue weighted by Crippen LogP contribution is -2.17. The minimum Gasteiger partial charge on any atom is -0.267 e. The number of nitrogens with one attached hydrogen (secondary N) is 1. The van der Waals surface area contributed by atoms with E-state index in [0.29, 0.717) is 5.56 Å². The molecule has 0 spiro atoms. The Morgan fingerprint density at radius 2 is 1.58 bits per heavy atom. The fourth-order valence-electron chi connectivity index (χ4n) is 2.41. The number of aryl methyl sites for hydroxylation is 1. The zero-order valence-electron chi connectivity index (χ0n) is 13.4. The highest BCUT2D eigenvalue weighted by Gasteiger charge is 2.03. The third-order valence-corrected chi connectivity index (χ3v) is 3.68. The summed E-state index contributed by atoms with van der Waals surface area (Å²) in [5.41, 5.74) is 7.45. The maximum atomic E-state index is 12.0. The Hall–Kier alpha value is -3.20. The van der Waals surface area contributed by atoms with Crippen LogP contribution >= 0.6 is 0 Å². The van der Waals surface area contributed by atoms with Crippen molar-refractivity contribution < 1.29 is 4.79 Å². The summed E-state index contributed by atoms with van der Waals surface area (Å²) in [5, 5.41) is 4.03. The van der Waals surface area contributed by atoms with Crippen LogP contribution in [-0.4, -0.2) is 12.1 Å². The Morgan fingerprint density at radius 1 is 0.875 bits per heavy atom. The van der Waals surface area contributed by atoms with Gasteiger partial charge in [-0.25, -0.2) is 5.43 Å². The summed E-state index contributed by atoms with van der Waals surface area (Å²) in [7, 11) is 0. The lowest BCUT2D eigenvalue weighted by Gasteiger charge is -2.02. The highest BCUT2D eigenvalue weighted by molar-refractivity contribution is 5.95. The number of hydrogen-bond acceptors (Lipinski definition) is 2. The molecule has 0 saturated carbocycles. The van der Waals surface area contributed by atoms with Crippen LogP contribution in [-0.2, 0) is 0 Å². The zero-order valence-corrected chi connectivity index (χ0v) is 13.4. The molecule has 0 radical (unpaired) electrons. The van der Waals surface area contributed by atoms with Crippen LogP contribution in [0.1, 0.15) is 21.5 Å². The molecular weight excluding hydrogens is 296 g/mol. The van der Waals surface area contributed by atoms with Crippen LogP contribution in [0.25, 0.3) is 11.1 Å². The van der Waals surface area contributed by atoms with Gasteiger partial charge in [0.25, 0.3) is 5.91 Å². The van der Waals surface area contributed by atoms with E-state index in [0.717, 1.165) is 16.7 Å². The van der Waals surface area contributed by atoms with Gasteiger partial charge in [0.05, 0.1) is 6.21 Å². The quantitative estimate of drug-likeness (QED) is 0.562. The zero-order chi connectivity index (χ0) is 16.8. The van der Waals surface area contributed by atoms with Crippen LogP contribution in [0.15, 0.2) is 84.0 Å². The SMILES string of the molecule is Cc1cccc(C(=O)NN=Cc2ccc(-c3ccccc3)cc2)c1. The van der Waals surface area contributed by atoms with E-state index >= 15 is 0 Å². The number of hydrogen-bond donors (Lipinski definition) is 1. The second kappa shape index (κ2) is 7.38. The van der Waals surface area contributed by atoms with E-state index in [4.69, 9.17) is 0 Å². The monoisotopic (exact) mass is 314 g/mol. The summed E-state index contributed by atoms with van der Waals surface area (Å²) in [6.45, 7) is 1.95. The van der Waals surface area contributed by atoms with Crippen LogP contribution in [0.3, 0.4) is 0 Å². The van der Waals surface area contributed by atoms with Crippen LogP contribution < -0.4 is 5.43 Å². The van der Waals surface area contributed by atoms with Gasteiger partial charge in [0, 0.05) is 5.56 Å². The minimum absolute atomic E-state index is 0.212. The van der Waals surface area contributed by atoms with Crippen molar-refractivity contribution in [2.75, 3.05) is 0 Å². The molecule has 0 heterocycles. The smallest absolute Gasteiger partial charge is 0.267 e. The van der Waals surface area contributed by atoms with Crippen molar-refractivity contribution in [1.29, 1.82) is 0 Å². The third kappa shape index (κ3) is 3.96. The van der Waals surface area contributed by atoms with Crippen LogP contribution in [0.4, 0.5) is 0 Å². The largest absolute Gasteiger partial charge is 0.271 e. The Morgan fingerprint density at radius 3 is 2.29 bits per heavy atom. The van der Waals surface area contributed by atoms with E-state index in [1.54, 1.807) is 12.3 Å². The second-order valence-electron chi connectivity index (χ2n) is 5.56. The molecule has 118 valence electrons. The molecule has 0 saturated heterocycles. The van der Waals surface area contributed by atoms with Crippen molar-refractivity contribution in [2.45, 2.75) is 6.92 Å². The number of nitrogens with zero attached hydrogens (tertiary/aromatic N) is 1. The summed E-state index contributed by atoms with van der Waals surface area (Å²) >= 11 is 0. The maximum absolute atomic E-state index is 12.0. The van der Waals surface area contributed by atoms with Gasteiger partial charge in [-0.15, -0.1) is 0 Å². The Labute approximate surface area is 141 Å². The number of carbonyl (C=O) groups is 1. The van der Waals surface area contributed by atoms with E-state index < -0.39 is 0 Å². The molecule has 3 aromatic carbocycles. The Bertz CT molecular complexity index is 853. The van der Waals surface area contributed by atoms with E-state index in [-0.39, 0.29) is 5.91 Å². The molecule has 0 fully saturated rings. The van der Waals surface area contributed by atoms with Crippen LogP contribution in [0.5, 0.6) is 0 Å². The molecule has 3 nitrogen and oxygen atoms in total. The van der Waals surface area contributed by atoms with Gasteiger partial charge in [-0.3, -0.25) is 4.79 Å². The molecule has 0 atom stereocenters.